The third-order valence-corrected chi connectivity index (χ3v) is 5.36. The van der Waals surface area contributed by atoms with E-state index in [1.54, 1.807) is 0 Å². The summed E-state index contributed by atoms with van der Waals surface area (Å²) in [5, 5.41) is 3.60. The van der Waals surface area contributed by atoms with Gasteiger partial charge in [0.2, 0.25) is 0 Å². The summed E-state index contributed by atoms with van der Waals surface area (Å²) >= 11 is 0. The molecule has 5 nitrogen and oxygen atoms in total. The summed E-state index contributed by atoms with van der Waals surface area (Å²) in [4.78, 5) is 30.0. The van der Waals surface area contributed by atoms with Gasteiger partial charge in [-0.1, -0.05) is 35.9 Å². The first-order chi connectivity index (χ1) is 14.0. The summed E-state index contributed by atoms with van der Waals surface area (Å²) in [7, 11) is 0. The number of fused-ring (bicyclic) bond motifs is 2. The Balaban J connectivity index is 1.54. The molecule has 0 saturated carbocycles. The van der Waals surface area contributed by atoms with Crippen molar-refractivity contribution in [2.45, 2.75) is 39.5 Å². The number of amides is 1. The van der Waals surface area contributed by atoms with Gasteiger partial charge in [-0.15, -0.1) is 0 Å². The molecular formula is C24H24N2O3. The molecule has 0 fully saturated rings. The van der Waals surface area contributed by atoms with Crippen molar-refractivity contribution in [1.82, 2.24) is 4.98 Å². The number of para-hydroxylation sites is 1. The Kier molecular flexibility index (Phi) is 5.30. The maximum Gasteiger partial charge on any atom is 0.339 e. The summed E-state index contributed by atoms with van der Waals surface area (Å²) in [6.07, 6.45) is 3.78. The number of hydrogen-bond acceptors (Lipinski definition) is 4. The van der Waals surface area contributed by atoms with Crippen LogP contribution in [0.4, 0.5) is 5.69 Å². The zero-order chi connectivity index (χ0) is 20.4. The smallest absolute Gasteiger partial charge is 0.339 e. The van der Waals surface area contributed by atoms with Crippen LogP contribution in [0.1, 0.15) is 45.6 Å². The molecule has 29 heavy (non-hydrogen) atoms. The van der Waals surface area contributed by atoms with Crippen LogP contribution in [0, 0.1) is 13.8 Å². The normalized spacial score (nSPS) is 13.0. The van der Waals surface area contributed by atoms with Crippen molar-refractivity contribution in [3.63, 3.8) is 0 Å². The first kappa shape index (κ1) is 19.1. The van der Waals surface area contributed by atoms with Crippen LogP contribution in [0.2, 0.25) is 0 Å². The van der Waals surface area contributed by atoms with Gasteiger partial charge in [0, 0.05) is 16.8 Å². The number of carbonyl (C=O) groups is 2. The van der Waals surface area contributed by atoms with Crippen LogP contribution < -0.4 is 5.32 Å². The molecule has 1 heterocycles. The van der Waals surface area contributed by atoms with Crippen molar-refractivity contribution in [1.29, 1.82) is 0 Å². The predicted octanol–water partition coefficient (Wildman–Crippen LogP) is 4.53. The van der Waals surface area contributed by atoms with Gasteiger partial charge in [-0.25, -0.2) is 4.79 Å². The van der Waals surface area contributed by atoms with Gasteiger partial charge in [0.05, 0.1) is 11.1 Å². The molecule has 5 heteroatoms. The average Bonchev–Trinajstić information content (AvgIpc) is 2.72. The van der Waals surface area contributed by atoms with Crippen molar-refractivity contribution in [3.05, 3.63) is 70.4 Å². The molecule has 0 aliphatic heterocycles. The number of ether oxygens (including phenoxy) is 1. The van der Waals surface area contributed by atoms with Crippen molar-refractivity contribution in [3.8, 4) is 0 Å². The van der Waals surface area contributed by atoms with E-state index in [1.165, 1.54) is 0 Å². The number of carbonyl (C=O) groups excluding carboxylic acids is 2. The Morgan fingerprint density at radius 3 is 2.69 bits per heavy atom. The fraction of sp³-hybridized carbons (Fsp3) is 0.292. The number of esters is 1. The molecule has 3 aromatic rings. The van der Waals surface area contributed by atoms with Gasteiger partial charge in [-0.2, -0.15) is 0 Å². The monoisotopic (exact) mass is 388 g/mol. The lowest BCUT2D eigenvalue weighted by Crippen LogP contribution is -2.23. The van der Waals surface area contributed by atoms with E-state index in [2.05, 4.69) is 5.32 Å². The molecule has 4 rings (SSSR count). The molecule has 1 aromatic heterocycles. The second kappa shape index (κ2) is 8.03. The molecule has 1 aliphatic carbocycles. The maximum absolute atomic E-state index is 13.0. The molecule has 0 saturated heterocycles. The molecule has 2 aromatic carbocycles. The molecule has 0 spiro atoms. The predicted molar refractivity (Wildman–Crippen MR) is 113 cm³/mol. The Hall–Kier alpha value is -3.21. The van der Waals surface area contributed by atoms with Gasteiger partial charge >= 0.3 is 5.97 Å². The fourth-order valence-electron chi connectivity index (χ4n) is 3.95. The standard InChI is InChI=1S/C24H24N2O3/c1-15-11-12-19(16(2)13-15)26-22(27)14-29-24(28)23-17-7-3-5-9-20(17)25-21-10-6-4-8-18(21)23/h3,5,7,9,11-13H,4,6,8,10,14H2,1-2H3,(H,26,27). The molecule has 0 bridgehead atoms. The lowest BCUT2D eigenvalue weighted by Gasteiger charge is -2.20. The number of rotatable bonds is 4. The SMILES string of the molecule is Cc1ccc(NC(=O)COC(=O)c2c3c(nc4ccccc24)CCCC3)c(C)c1. The second-order valence-corrected chi connectivity index (χ2v) is 7.58. The minimum absolute atomic E-state index is 0.322. The largest absolute Gasteiger partial charge is 0.452 e. The van der Waals surface area contributed by atoms with Gasteiger partial charge in [0.15, 0.2) is 6.61 Å². The number of benzene rings is 2. The average molecular weight is 388 g/mol. The zero-order valence-electron chi connectivity index (χ0n) is 16.7. The number of aryl methyl sites for hydroxylation is 3. The third kappa shape index (κ3) is 3.99. The van der Waals surface area contributed by atoms with E-state index < -0.39 is 5.97 Å². The highest BCUT2D eigenvalue weighted by Crippen LogP contribution is 2.29. The fourth-order valence-corrected chi connectivity index (χ4v) is 3.95. The van der Waals surface area contributed by atoms with Gasteiger partial charge in [-0.05, 0) is 62.8 Å². The van der Waals surface area contributed by atoms with E-state index in [4.69, 9.17) is 9.72 Å². The van der Waals surface area contributed by atoms with Crippen LogP contribution in [0.15, 0.2) is 42.5 Å². The molecule has 0 atom stereocenters. The first-order valence-corrected chi connectivity index (χ1v) is 9.97. The number of anilines is 1. The van der Waals surface area contributed by atoms with Crippen LogP contribution >= 0.6 is 0 Å². The van der Waals surface area contributed by atoms with Crippen LogP contribution in [0.3, 0.4) is 0 Å². The third-order valence-electron chi connectivity index (χ3n) is 5.36. The highest BCUT2D eigenvalue weighted by molar-refractivity contribution is 6.06. The number of nitrogens with zero attached hydrogens (tertiary/aromatic N) is 1. The summed E-state index contributed by atoms with van der Waals surface area (Å²) in [5.74, 6) is -0.810. The lowest BCUT2D eigenvalue weighted by atomic mass is 9.90. The number of nitrogens with one attached hydrogen (secondary N) is 1. The Bertz CT molecular complexity index is 1100. The summed E-state index contributed by atoms with van der Waals surface area (Å²) in [6.45, 7) is 3.61. The second-order valence-electron chi connectivity index (χ2n) is 7.58. The molecule has 1 N–H and O–H groups in total. The molecule has 1 amide bonds. The van der Waals surface area contributed by atoms with Crippen LogP contribution in [-0.4, -0.2) is 23.5 Å². The molecule has 0 unspecified atom stereocenters. The van der Waals surface area contributed by atoms with E-state index in [1.807, 2.05) is 56.3 Å². The van der Waals surface area contributed by atoms with Gasteiger partial charge in [0.25, 0.3) is 5.91 Å². The summed E-state index contributed by atoms with van der Waals surface area (Å²) in [5.41, 5.74) is 6.12. The van der Waals surface area contributed by atoms with Gasteiger partial charge < -0.3 is 10.1 Å². The molecule has 148 valence electrons. The van der Waals surface area contributed by atoms with Crippen molar-refractivity contribution in [2.75, 3.05) is 11.9 Å². The van der Waals surface area contributed by atoms with Crippen LogP contribution in [0.5, 0.6) is 0 Å². The van der Waals surface area contributed by atoms with E-state index in [-0.39, 0.29) is 12.5 Å². The molecular weight excluding hydrogens is 364 g/mol. The molecule has 0 radical (unpaired) electrons. The number of aromatic nitrogens is 1. The van der Waals surface area contributed by atoms with Crippen LogP contribution in [0.25, 0.3) is 10.9 Å². The minimum Gasteiger partial charge on any atom is -0.452 e. The van der Waals surface area contributed by atoms with Gasteiger partial charge in [-0.3, -0.25) is 9.78 Å². The highest BCUT2D eigenvalue weighted by Gasteiger charge is 2.24. The highest BCUT2D eigenvalue weighted by atomic mass is 16.5. The zero-order valence-corrected chi connectivity index (χ0v) is 16.7. The lowest BCUT2D eigenvalue weighted by molar-refractivity contribution is -0.119. The Labute approximate surface area is 170 Å². The quantitative estimate of drug-likeness (QED) is 0.667. The molecule has 1 aliphatic rings. The minimum atomic E-state index is -0.461. The van der Waals surface area contributed by atoms with E-state index in [9.17, 15) is 9.59 Å². The van der Waals surface area contributed by atoms with Crippen molar-refractivity contribution >= 4 is 28.5 Å². The Morgan fingerprint density at radius 2 is 1.86 bits per heavy atom. The summed E-state index contributed by atoms with van der Waals surface area (Å²) in [6, 6.07) is 13.4. The van der Waals surface area contributed by atoms with Crippen molar-refractivity contribution < 1.29 is 14.3 Å². The topological polar surface area (TPSA) is 68.3 Å². The maximum atomic E-state index is 13.0. The van der Waals surface area contributed by atoms with E-state index >= 15 is 0 Å². The number of pyridine rings is 1. The first-order valence-electron chi connectivity index (χ1n) is 9.97. The Morgan fingerprint density at radius 1 is 1.07 bits per heavy atom. The number of hydrogen-bond donors (Lipinski definition) is 1. The van der Waals surface area contributed by atoms with E-state index in [0.29, 0.717) is 5.56 Å². The van der Waals surface area contributed by atoms with Gasteiger partial charge in [0.1, 0.15) is 0 Å². The van der Waals surface area contributed by atoms with E-state index in [0.717, 1.165) is 64.7 Å². The summed E-state index contributed by atoms with van der Waals surface area (Å²) < 4.78 is 5.42. The van der Waals surface area contributed by atoms with Crippen LogP contribution in [-0.2, 0) is 22.4 Å². The van der Waals surface area contributed by atoms with Crippen molar-refractivity contribution in [2.24, 2.45) is 0 Å².